The Balaban J connectivity index is 2.50. The van der Waals surface area contributed by atoms with Crippen LogP contribution in [0.4, 0.5) is 5.69 Å². The molecule has 1 aromatic rings. The Bertz CT molecular complexity index is 254. The molecule has 0 heterocycles. The van der Waals surface area contributed by atoms with Crippen LogP contribution in [0.2, 0.25) is 0 Å². The zero-order valence-electron chi connectivity index (χ0n) is 9.09. The van der Waals surface area contributed by atoms with E-state index in [1.165, 1.54) is 5.56 Å². The maximum absolute atomic E-state index is 5.97. The molecular formula is C12H20N2. The highest BCUT2D eigenvalue weighted by molar-refractivity contribution is 5.43. The summed E-state index contributed by atoms with van der Waals surface area (Å²) in [5, 5.41) is 3.10. The van der Waals surface area contributed by atoms with Gasteiger partial charge in [-0.25, -0.2) is 0 Å². The van der Waals surface area contributed by atoms with Crippen LogP contribution in [0, 0.1) is 0 Å². The van der Waals surface area contributed by atoms with Gasteiger partial charge < -0.3 is 11.1 Å². The smallest absolute Gasteiger partial charge is 0.0337 e. The van der Waals surface area contributed by atoms with Gasteiger partial charge in [0.15, 0.2) is 0 Å². The lowest BCUT2D eigenvalue weighted by molar-refractivity contribution is 0.600. The first-order chi connectivity index (χ1) is 6.76. The van der Waals surface area contributed by atoms with Crippen molar-refractivity contribution in [3.63, 3.8) is 0 Å². The molecule has 0 aliphatic heterocycles. The van der Waals surface area contributed by atoms with E-state index in [9.17, 15) is 0 Å². The Labute approximate surface area is 86.5 Å². The first kappa shape index (κ1) is 11.1. The van der Waals surface area contributed by atoms with Gasteiger partial charge in [-0.2, -0.15) is 0 Å². The molecule has 1 aromatic carbocycles. The first-order valence-electron chi connectivity index (χ1n) is 5.28. The molecule has 0 bridgehead atoms. The van der Waals surface area contributed by atoms with Crippen molar-refractivity contribution in [1.29, 1.82) is 0 Å². The van der Waals surface area contributed by atoms with E-state index < -0.39 is 0 Å². The minimum Gasteiger partial charge on any atom is -0.388 e. The molecule has 2 heteroatoms. The fourth-order valence-corrected chi connectivity index (χ4v) is 1.58. The van der Waals surface area contributed by atoms with Gasteiger partial charge in [0.25, 0.3) is 0 Å². The normalized spacial score (nSPS) is 12.5. The van der Waals surface area contributed by atoms with Gasteiger partial charge in [-0.1, -0.05) is 25.5 Å². The van der Waals surface area contributed by atoms with Crippen molar-refractivity contribution in [3.8, 4) is 0 Å². The summed E-state index contributed by atoms with van der Waals surface area (Å²) in [6.45, 7) is 2.17. The number of anilines is 1. The van der Waals surface area contributed by atoms with Gasteiger partial charge in [0, 0.05) is 18.8 Å². The minimum absolute atomic E-state index is 0.306. The average molecular weight is 192 g/mol. The Morgan fingerprint density at radius 3 is 2.43 bits per heavy atom. The zero-order valence-corrected chi connectivity index (χ0v) is 9.09. The topological polar surface area (TPSA) is 38.0 Å². The number of rotatable bonds is 5. The molecule has 1 unspecified atom stereocenters. The Hall–Kier alpha value is -1.02. The largest absolute Gasteiger partial charge is 0.388 e. The molecule has 0 spiro atoms. The summed E-state index contributed by atoms with van der Waals surface area (Å²) < 4.78 is 0. The number of benzene rings is 1. The van der Waals surface area contributed by atoms with Crippen molar-refractivity contribution < 1.29 is 0 Å². The molecule has 78 valence electrons. The lowest BCUT2D eigenvalue weighted by atomic mass is 10.0. The summed E-state index contributed by atoms with van der Waals surface area (Å²) >= 11 is 0. The summed E-state index contributed by atoms with van der Waals surface area (Å²) in [5.74, 6) is 0. The second kappa shape index (κ2) is 5.66. The van der Waals surface area contributed by atoms with E-state index in [2.05, 4.69) is 36.5 Å². The number of nitrogens with two attached hydrogens (primary N) is 1. The molecule has 0 aliphatic rings. The average Bonchev–Trinajstić information content (AvgIpc) is 2.19. The van der Waals surface area contributed by atoms with Crippen molar-refractivity contribution >= 4 is 5.69 Å². The lowest BCUT2D eigenvalue weighted by Gasteiger charge is -2.10. The van der Waals surface area contributed by atoms with Gasteiger partial charge in [-0.3, -0.25) is 0 Å². The molecule has 0 aliphatic carbocycles. The maximum atomic E-state index is 5.97. The SMILES string of the molecule is CCCC(N)Cc1ccc(NC)cc1. The van der Waals surface area contributed by atoms with Gasteiger partial charge >= 0.3 is 0 Å². The lowest BCUT2D eigenvalue weighted by Crippen LogP contribution is -2.22. The second-order valence-corrected chi connectivity index (χ2v) is 3.70. The van der Waals surface area contributed by atoms with Gasteiger partial charge in [0.05, 0.1) is 0 Å². The van der Waals surface area contributed by atoms with E-state index in [4.69, 9.17) is 5.73 Å². The van der Waals surface area contributed by atoms with Crippen molar-refractivity contribution in [2.45, 2.75) is 32.2 Å². The summed E-state index contributed by atoms with van der Waals surface area (Å²) in [6, 6.07) is 8.77. The highest BCUT2D eigenvalue weighted by Crippen LogP contribution is 2.11. The van der Waals surface area contributed by atoms with Crippen molar-refractivity contribution in [2.24, 2.45) is 5.73 Å². The van der Waals surface area contributed by atoms with Gasteiger partial charge in [-0.05, 0) is 30.5 Å². The predicted molar refractivity (Wildman–Crippen MR) is 62.6 cm³/mol. The fraction of sp³-hybridized carbons (Fsp3) is 0.500. The van der Waals surface area contributed by atoms with Gasteiger partial charge in [0.2, 0.25) is 0 Å². The van der Waals surface area contributed by atoms with E-state index in [1.807, 2.05) is 7.05 Å². The highest BCUT2D eigenvalue weighted by Gasteiger charge is 2.02. The standard InChI is InChI=1S/C12H20N2/c1-3-4-11(13)9-10-5-7-12(14-2)8-6-10/h5-8,11,14H,3-4,9,13H2,1-2H3. The van der Waals surface area contributed by atoms with Crippen molar-refractivity contribution in [1.82, 2.24) is 0 Å². The van der Waals surface area contributed by atoms with E-state index >= 15 is 0 Å². The van der Waals surface area contributed by atoms with Crippen LogP contribution < -0.4 is 11.1 Å². The number of nitrogens with one attached hydrogen (secondary N) is 1. The quantitative estimate of drug-likeness (QED) is 0.751. The number of hydrogen-bond acceptors (Lipinski definition) is 2. The Morgan fingerprint density at radius 2 is 1.93 bits per heavy atom. The van der Waals surface area contributed by atoms with E-state index in [0.717, 1.165) is 24.9 Å². The van der Waals surface area contributed by atoms with Crippen LogP contribution in [-0.2, 0) is 6.42 Å². The summed E-state index contributed by atoms with van der Waals surface area (Å²) in [6.07, 6.45) is 3.25. The van der Waals surface area contributed by atoms with Crippen molar-refractivity contribution in [3.05, 3.63) is 29.8 Å². The third-order valence-corrected chi connectivity index (χ3v) is 2.40. The second-order valence-electron chi connectivity index (χ2n) is 3.70. The molecule has 1 atom stereocenters. The number of hydrogen-bond donors (Lipinski definition) is 2. The van der Waals surface area contributed by atoms with Crippen LogP contribution >= 0.6 is 0 Å². The zero-order chi connectivity index (χ0) is 10.4. The van der Waals surface area contributed by atoms with Crippen LogP contribution in [0.25, 0.3) is 0 Å². The first-order valence-corrected chi connectivity index (χ1v) is 5.28. The fourth-order valence-electron chi connectivity index (χ4n) is 1.58. The molecule has 1 rings (SSSR count). The molecule has 0 fully saturated rings. The van der Waals surface area contributed by atoms with Crippen LogP contribution in [0.1, 0.15) is 25.3 Å². The molecule has 3 N–H and O–H groups in total. The molecule has 2 nitrogen and oxygen atoms in total. The van der Waals surface area contributed by atoms with E-state index in [1.54, 1.807) is 0 Å². The van der Waals surface area contributed by atoms with Crippen LogP contribution in [-0.4, -0.2) is 13.1 Å². The molecular weight excluding hydrogens is 172 g/mol. The molecule has 0 amide bonds. The van der Waals surface area contributed by atoms with Gasteiger partial charge in [-0.15, -0.1) is 0 Å². The maximum Gasteiger partial charge on any atom is 0.0337 e. The summed E-state index contributed by atoms with van der Waals surface area (Å²) in [4.78, 5) is 0. The Kier molecular flexibility index (Phi) is 4.47. The summed E-state index contributed by atoms with van der Waals surface area (Å²) in [7, 11) is 1.93. The minimum atomic E-state index is 0.306. The van der Waals surface area contributed by atoms with Crippen molar-refractivity contribution in [2.75, 3.05) is 12.4 Å². The molecule has 0 aromatic heterocycles. The monoisotopic (exact) mass is 192 g/mol. The molecule has 0 saturated carbocycles. The van der Waals surface area contributed by atoms with Gasteiger partial charge in [0.1, 0.15) is 0 Å². The third-order valence-electron chi connectivity index (χ3n) is 2.40. The van der Waals surface area contributed by atoms with Crippen LogP contribution in [0.5, 0.6) is 0 Å². The van der Waals surface area contributed by atoms with E-state index in [0.29, 0.717) is 6.04 Å². The third kappa shape index (κ3) is 3.38. The van der Waals surface area contributed by atoms with Crippen LogP contribution in [0.3, 0.4) is 0 Å². The highest BCUT2D eigenvalue weighted by atomic mass is 14.8. The molecule has 0 radical (unpaired) electrons. The van der Waals surface area contributed by atoms with E-state index in [-0.39, 0.29) is 0 Å². The molecule has 14 heavy (non-hydrogen) atoms. The predicted octanol–water partition coefficient (Wildman–Crippen LogP) is 2.40. The summed E-state index contributed by atoms with van der Waals surface area (Å²) in [5.41, 5.74) is 8.45. The Morgan fingerprint density at radius 1 is 1.29 bits per heavy atom. The van der Waals surface area contributed by atoms with Crippen LogP contribution in [0.15, 0.2) is 24.3 Å². The molecule has 0 saturated heterocycles.